The number of halogens is 1. The van der Waals surface area contributed by atoms with E-state index in [-0.39, 0.29) is 0 Å². The zero-order valence-electron chi connectivity index (χ0n) is 14.2. The Morgan fingerprint density at radius 1 is 0.923 bits per heavy atom. The van der Waals surface area contributed by atoms with Crippen LogP contribution in [0.5, 0.6) is 11.5 Å². The Balaban J connectivity index is 1.81. The van der Waals surface area contributed by atoms with Crippen molar-refractivity contribution in [1.29, 1.82) is 0 Å². The molecule has 0 fully saturated rings. The molecule has 0 spiro atoms. The van der Waals surface area contributed by atoms with Crippen molar-refractivity contribution in [3.63, 3.8) is 0 Å². The first-order chi connectivity index (χ1) is 12.7. The molecule has 0 aliphatic rings. The Morgan fingerprint density at radius 3 is 2.42 bits per heavy atom. The van der Waals surface area contributed by atoms with Crippen LogP contribution in [0.25, 0.3) is 17.2 Å². The summed E-state index contributed by atoms with van der Waals surface area (Å²) in [7, 11) is 1.59. The van der Waals surface area contributed by atoms with Crippen LogP contribution in [0.15, 0.2) is 83.3 Å². The van der Waals surface area contributed by atoms with Crippen molar-refractivity contribution in [3.05, 3.63) is 88.9 Å². The molecule has 0 saturated carbocycles. The number of hydrogen-bond donors (Lipinski definition) is 0. The van der Waals surface area contributed by atoms with E-state index < -0.39 is 5.97 Å². The Morgan fingerprint density at radius 2 is 1.65 bits per heavy atom. The van der Waals surface area contributed by atoms with Crippen molar-refractivity contribution in [1.82, 2.24) is 0 Å². The molecule has 0 radical (unpaired) electrons. The number of benzene rings is 3. The predicted octanol–water partition coefficient (Wildman–Crippen LogP) is 5.74. The number of ether oxygens (including phenoxy) is 2. The van der Waals surface area contributed by atoms with E-state index in [0.29, 0.717) is 11.5 Å². The molecule has 0 saturated heterocycles. The van der Waals surface area contributed by atoms with E-state index >= 15 is 0 Å². The van der Waals surface area contributed by atoms with Gasteiger partial charge in [-0.3, -0.25) is 0 Å². The Kier molecular flexibility index (Phi) is 5.87. The minimum absolute atomic E-state index is 0.449. The molecule has 0 aliphatic heterocycles. The number of hydrogen-bond acceptors (Lipinski definition) is 3. The summed E-state index contributed by atoms with van der Waals surface area (Å²) < 4.78 is 11.8. The Bertz CT molecular complexity index is 933. The van der Waals surface area contributed by atoms with E-state index in [0.717, 1.165) is 21.2 Å². The van der Waals surface area contributed by atoms with Crippen molar-refractivity contribution in [3.8, 4) is 22.6 Å². The summed E-state index contributed by atoms with van der Waals surface area (Å²) >= 11 is 3.42. The zero-order valence-corrected chi connectivity index (χ0v) is 15.8. The van der Waals surface area contributed by atoms with Gasteiger partial charge in [0.2, 0.25) is 0 Å². The molecule has 130 valence electrons. The van der Waals surface area contributed by atoms with Gasteiger partial charge < -0.3 is 9.47 Å². The maximum absolute atomic E-state index is 12.3. The standard InChI is InChI=1S/C22H17BrO3/c1-25-20-13-12-18(23)15-17(20)11-14-22(24)26-21-10-6-5-9-19(21)16-7-3-2-4-8-16/h2-15H,1H3/b14-11+. The fourth-order valence-corrected chi connectivity index (χ4v) is 2.93. The van der Waals surface area contributed by atoms with E-state index in [1.165, 1.54) is 6.08 Å². The van der Waals surface area contributed by atoms with Crippen LogP contribution in [0.3, 0.4) is 0 Å². The molecule has 0 amide bonds. The van der Waals surface area contributed by atoms with Gasteiger partial charge in [-0.1, -0.05) is 64.5 Å². The van der Waals surface area contributed by atoms with Crippen LogP contribution in [0.4, 0.5) is 0 Å². The molecule has 3 rings (SSSR count). The van der Waals surface area contributed by atoms with Gasteiger partial charge in [0.05, 0.1) is 7.11 Å². The molecular weight excluding hydrogens is 392 g/mol. The molecule has 0 bridgehead atoms. The lowest BCUT2D eigenvalue weighted by atomic mass is 10.1. The summed E-state index contributed by atoms with van der Waals surface area (Å²) in [6, 6.07) is 22.9. The minimum atomic E-state index is -0.449. The fourth-order valence-electron chi connectivity index (χ4n) is 2.55. The van der Waals surface area contributed by atoms with E-state index in [1.54, 1.807) is 19.3 Å². The highest BCUT2D eigenvalue weighted by Gasteiger charge is 2.09. The number of rotatable bonds is 5. The summed E-state index contributed by atoms with van der Waals surface area (Å²) in [6.07, 6.45) is 3.07. The average Bonchev–Trinajstić information content (AvgIpc) is 2.67. The molecule has 4 heteroatoms. The number of esters is 1. The van der Waals surface area contributed by atoms with Crippen LogP contribution in [-0.4, -0.2) is 13.1 Å². The molecule has 26 heavy (non-hydrogen) atoms. The summed E-state index contributed by atoms with van der Waals surface area (Å²) in [5, 5.41) is 0. The summed E-state index contributed by atoms with van der Waals surface area (Å²) in [4.78, 5) is 12.3. The quantitative estimate of drug-likeness (QED) is 0.306. The molecular formula is C22H17BrO3. The molecule has 3 aromatic carbocycles. The first kappa shape index (κ1) is 18.0. The van der Waals surface area contributed by atoms with Crippen LogP contribution in [0.1, 0.15) is 5.56 Å². The highest BCUT2D eigenvalue weighted by molar-refractivity contribution is 9.10. The third-order valence-electron chi connectivity index (χ3n) is 3.77. The Labute approximate surface area is 161 Å². The van der Waals surface area contributed by atoms with E-state index in [9.17, 15) is 4.79 Å². The predicted molar refractivity (Wildman–Crippen MR) is 107 cm³/mol. The molecule has 0 aliphatic carbocycles. The maximum Gasteiger partial charge on any atom is 0.336 e. The van der Waals surface area contributed by atoms with Gasteiger partial charge in [0.1, 0.15) is 11.5 Å². The molecule has 3 aromatic rings. The van der Waals surface area contributed by atoms with Gasteiger partial charge in [0.25, 0.3) is 0 Å². The summed E-state index contributed by atoms with van der Waals surface area (Å²) in [6.45, 7) is 0. The second-order valence-electron chi connectivity index (χ2n) is 5.50. The normalized spacial score (nSPS) is 10.7. The molecule has 0 unspecified atom stereocenters. The molecule has 0 atom stereocenters. The SMILES string of the molecule is COc1ccc(Br)cc1/C=C/C(=O)Oc1ccccc1-c1ccccc1. The van der Waals surface area contributed by atoms with Crippen molar-refractivity contribution in [2.45, 2.75) is 0 Å². The van der Waals surface area contributed by atoms with E-state index in [4.69, 9.17) is 9.47 Å². The Hall–Kier alpha value is -2.85. The summed E-state index contributed by atoms with van der Waals surface area (Å²) in [5.74, 6) is 0.756. The monoisotopic (exact) mass is 408 g/mol. The third-order valence-corrected chi connectivity index (χ3v) is 4.27. The second-order valence-corrected chi connectivity index (χ2v) is 6.42. The van der Waals surface area contributed by atoms with Gasteiger partial charge in [-0.2, -0.15) is 0 Å². The smallest absolute Gasteiger partial charge is 0.336 e. The van der Waals surface area contributed by atoms with Gasteiger partial charge in [-0.25, -0.2) is 4.79 Å². The molecule has 0 N–H and O–H groups in total. The van der Waals surface area contributed by atoms with Crippen LogP contribution in [-0.2, 0) is 4.79 Å². The molecule has 3 nitrogen and oxygen atoms in total. The lowest BCUT2D eigenvalue weighted by Gasteiger charge is -2.09. The van der Waals surface area contributed by atoms with Crippen molar-refractivity contribution in [2.75, 3.05) is 7.11 Å². The van der Waals surface area contributed by atoms with Crippen molar-refractivity contribution < 1.29 is 14.3 Å². The fraction of sp³-hybridized carbons (Fsp3) is 0.0455. The van der Waals surface area contributed by atoms with Crippen LogP contribution in [0.2, 0.25) is 0 Å². The topological polar surface area (TPSA) is 35.5 Å². The maximum atomic E-state index is 12.3. The number of carbonyl (C=O) groups is 1. The van der Waals surface area contributed by atoms with Gasteiger partial charge in [-0.15, -0.1) is 0 Å². The van der Waals surface area contributed by atoms with Crippen molar-refractivity contribution in [2.24, 2.45) is 0 Å². The lowest BCUT2D eigenvalue weighted by Crippen LogP contribution is -2.04. The van der Waals surface area contributed by atoms with Crippen molar-refractivity contribution >= 4 is 28.0 Å². The molecule has 0 aromatic heterocycles. The first-order valence-electron chi connectivity index (χ1n) is 8.05. The highest BCUT2D eigenvalue weighted by Crippen LogP contribution is 2.30. The lowest BCUT2D eigenvalue weighted by molar-refractivity contribution is -0.128. The highest BCUT2D eigenvalue weighted by atomic mass is 79.9. The number of methoxy groups -OCH3 is 1. The second kappa shape index (κ2) is 8.50. The summed E-state index contributed by atoms with van der Waals surface area (Å²) in [5.41, 5.74) is 2.65. The average molecular weight is 409 g/mol. The van der Waals surface area contributed by atoms with Crippen LogP contribution in [0, 0.1) is 0 Å². The van der Waals surface area contributed by atoms with Crippen LogP contribution < -0.4 is 9.47 Å². The van der Waals surface area contributed by atoms with Gasteiger partial charge in [-0.05, 0) is 35.9 Å². The zero-order chi connectivity index (χ0) is 18.4. The first-order valence-corrected chi connectivity index (χ1v) is 8.84. The van der Waals surface area contributed by atoms with Gasteiger partial charge >= 0.3 is 5.97 Å². The van der Waals surface area contributed by atoms with E-state index in [2.05, 4.69) is 15.9 Å². The van der Waals surface area contributed by atoms with E-state index in [1.807, 2.05) is 66.7 Å². The molecule has 0 heterocycles. The number of carbonyl (C=O) groups excluding carboxylic acids is 1. The van der Waals surface area contributed by atoms with Gasteiger partial charge in [0, 0.05) is 21.7 Å². The minimum Gasteiger partial charge on any atom is -0.496 e. The van der Waals surface area contributed by atoms with Gasteiger partial charge in [0.15, 0.2) is 0 Å². The van der Waals surface area contributed by atoms with Crippen LogP contribution >= 0.6 is 15.9 Å². The third kappa shape index (κ3) is 4.41. The largest absolute Gasteiger partial charge is 0.496 e. The number of para-hydroxylation sites is 1.